The zero-order valence-electron chi connectivity index (χ0n) is 26.2. The molecule has 0 saturated carbocycles. The number of hydrogen-bond donors (Lipinski definition) is 0. The van der Waals surface area contributed by atoms with Gasteiger partial charge >= 0.3 is 0 Å². The summed E-state index contributed by atoms with van der Waals surface area (Å²) in [6.45, 7) is 0. The maximum absolute atomic E-state index is 9.57. The van der Waals surface area contributed by atoms with Crippen molar-refractivity contribution < 1.29 is 8.53 Å². The van der Waals surface area contributed by atoms with E-state index in [1.54, 1.807) is 0 Å². The highest BCUT2D eigenvalue weighted by Crippen LogP contribution is 2.47. The largest absolute Gasteiger partial charge is 0.456 e. The molecule has 0 fully saturated rings. The monoisotopic (exact) mass is 549 g/mol. The van der Waals surface area contributed by atoms with Crippen molar-refractivity contribution >= 4 is 54.3 Å². The minimum atomic E-state index is 0.0286. The van der Waals surface area contributed by atoms with Gasteiger partial charge in [0, 0.05) is 10.8 Å². The van der Waals surface area contributed by atoms with Crippen LogP contribution in [0.4, 0.5) is 0 Å². The highest BCUT2D eigenvalue weighted by Gasteiger charge is 2.19. The average molecular weight is 550 g/mol. The van der Waals surface area contributed by atoms with Crippen molar-refractivity contribution in [2.45, 2.75) is 0 Å². The number of benzene rings is 8. The van der Waals surface area contributed by atoms with Crippen molar-refractivity contribution in [2.24, 2.45) is 0 Å². The van der Waals surface area contributed by atoms with Crippen LogP contribution >= 0.6 is 0 Å². The third-order valence-corrected chi connectivity index (χ3v) is 8.59. The number of rotatable bonds is 3. The van der Waals surface area contributed by atoms with E-state index in [1.807, 2.05) is 66.7 Å². The van der Waals surface area contributed by atoms with Crippen LogP contribution < -0.4 is 0 Å². The molecule has 1 heterocycles. The van der Waals surface area contributed by atoms with Crippen molar-refractivity contribution in [3.63, 3.8) is 0 Å². The predicted molar refractivity (Wildman–Crippen MR) is 183 cm³/mol. The van der Waals surface area contributed by atoms with Gasteiger partial charge in [-0.2, -0.15) is 0 Å². The summed E-state index contributed by atoms with van der Waals surface area (Å²) in [5, 5.41) is 7.21. The van der Waals surface area contributed by atoms with Crippen molar-refractivity contribution in [1.29, 1.82) is 0 Å². The Morgan fingerprint density at radius 3 is 1.70 bits per heavy atom. The Morgan fingerprint density at radius 1 is 0.395 bits per heavy atom. The fourth-order valence-electron chi connectivity index (χ4n) is 6.73. The van der Waals surface area contributed by atoms with Crippen LogP contribution in [-0.2, 0) is 0 Å². The van der Waals surface area contributed by atoms with Crippen LogP contribution in [0.15, 0.2) is 162 Å². The average Bonchev–Trinajstić information content (AvgIpc) is 3.52. The quantitative estimate of drug-likeness (QED) is 0.200. The van der Waals surface area contributed by atoms with Gasteiger partial charge in [-0.25, -0.2) is 0 Å². The summed E-state index contributed by atoms with van der Waals surface area (Å²) in [5.41, 5.74) is 6.65. The molecule has 0 radical (unpaired) electrons. The first-order chi connectivity index (χ1) is 22.6. The zero-order valence-corrected chi connectivity index (χ0v) is 23.2. The van der Waals surface area contributed by atoms with E-state index < -0.39 is 0 Å². The second-order valence-electron chi connectivity index (χ2n) is 11.0. The Morgan fingerprint density at radius 2 is 0.977 bits per heavy atom. The van der Waals surface area contributed by atoms with Gasteiger partial charge in [0.25, 0.3) is 0 Å². The fourth-order valence-corrected chi connectivity index (χ4v) is 6.73. The van der Waals surface area contributed by atoms with Crippen molar-refractivity contribution in [2.75, 3.05) is 0 Å². The molecule has 0 aliphatic rings. The maximum atomic E-state index is 9.57. The molecule has 9 aromatic rings. The van der Waals surface area contributed by atoms with E-state index in [9.17, 15) is 4.11 Å². The van der Waals surface area contributed by atoms with Crippen LogP contribution in [0.25, 0.3) is 87.6 Å². The van der Waals surface area contributed by atoms with E-state index in [1.165, 1.54) is 0 Å². The predicted octanol–water partition coefficient (Wildman–Crippen LogP) is 12.0. The highest BCUT2D eigenvalue weighted by molar-refractivity contribution is 6.24. The summed E-state index contributed by atoms with van der Waals surface area (Å²) in [5.74, 6) is 0. The van der Waals surface area contributed by atoms with E-state index in [0.29, 0.717) is 22.1 Å². The lowest BCUT2D eigenvalue weighted by atomic mass is 9.84. The lowest BCUT2D eigenvalue weighted by molar-refractivity contribution is 0.669. The van der Waals surface area contributed by atoms with Gasteiger partial charge in [-0.1, -0.05) is 140 Å². The van der Waals surface area contributed by atoms with Crippen LogP contribution in [0.1, 0.15) is 4.11 Å². The van der Waals surface area contributed by atoms with Gasteiger partial charge < -0.3 is 4.42 Å². The normalized spacial score (nSPS) is 12.7. The van der Waals surface area contributed by atoms with Crippen LogP contribution in [0.3, 0.4) is 0 Å². The molecule has 0 atom stereocenters. The van der Waals surface area contributed by atoms with Gasteiger partial charge in [0.15, 0.2) is 0 Å². The van der Waals surface area contributed by atoms with E-state index in [0.717, 1.165) is 65.5 Å². The molecule has 43 heavy (non-hydrogen) atoms. The maximum Gasteiger partial charge on any atom is 0.136 e. The van der Waals surface area contributed by atoms with E-state index in [-0.39, 0.29) is 18.1 Å². The van der Waals surface area contributed by atoms with Crippen molar-refractivity contribution in [3.05, 3.63) is 158 Å². The minimum Gasteiger partial charge on any atom is -0.456 e. The molecule has 1 aromatic heterocycles. The zero-order chi connectivity index (χ0) is 30.9. The molecule has 0 bridgehead atoms. The molecule has 0 amide bonds. The fraction of sp³-hybridized carbons (Fsp3) is 0. The molecule has 0 N–H and O–H groups in total. The summed E-state index contributed by atoms with van der Waals surface area (Å²) >= 11 is 0. The van der Waals surface area contributed by atoms with Crippen molar-refractivity contribution in [3.8, 4) is 33.4 Å². The molecule has 1 nitrogen and oxygen atoms in total. The first-order valence-corrected chi connectivity index (χ1v) is 14.5. The third kappa shape index (κ3) is 3.65. The van der Waals surface area contributed by atoms with Gasteiger partial charge in [-0.05, 0) is 83.8 Å². The molecule has 8 aromatic carbocycles. The lowest BCUT2D eigenvalue weighted by Crippen LogP contribution is -1.92. The molecule has 0 saturated heterocycles. The van der Waals surface area contributed by atoms with Gasteiger partial charge in [-0.3, -0.25) is 0 Å². The standard InChI is InChI=1S/C42H26O/c1-2-12-27(13-3-1)30-15-6-7-17-32(30)41-35-20-10-8-18-33(35)40(34-19-9-11-21-36(34)41)29-22-24-37-39(26-29)43-38-25-23-28-14-4-5-16-31(28)42(37)38/h1-26H/i22D,24D,26D. The van der Waals surface area contributed by atoms with E-state index >= 15 is 0 Å². The first-order valence-electron chi connectivity index (χ1n) is 16.0. The summed E-state index contributed by atoms with van der Waals surface area (Å²) in [6, 6.07) is 47.6. The highest BCUT2D eigenvalue weighted by atomic mass is 16.3. The van der Waals surface area contributed by atoms with Crippen LogP contribution in [-0.4, -0.2) is 0 Å². The molecule has 0 aliphatic heterocycles. The molecular weight excluding hydrogens is 520 g/mol. The molecule has 9 rings (SSSR count). The van der Waals surface area contributed by atoms with Crippen LogP contribution in [0.5, 0.6) is 0 Å². The first kappa shape index (κ1) is 21.1. The Bertz CT molecular complexity index is 2610. The summed E-state index contributed by atoms with van der Waals surface area (Å²) in [4.78, 5) is 0. The van der Waals surface area contributed by atoms with Gasteiger partial charge in [0.2, 0.25) is 0 Å². The molecule has 0 unspecified atom stereocenters. The third-order valence-electron chi connectivity index (χ3n) is 8.59. The Labute approximate surface area is 253 Å². The van der Waals surface area contributed by atoms with Crippen LogP contribution in [0.2, 0.25) is 0 Å². The second kappa shape index (κ2) is 9.44. The summed E-state index contributed by atoms with van der Waals surface area (Å²) in [7, 11) is 0. The van der Waals surface area contributed by atoms with Gasteiger partial charge in [0.05, 0.1) is 4.11 Å². The topological polar surface area (TPSA) is 13.1 Å². The Kier molecular flexibility index (Phi) is 4.63. The smallest absolute Gasteiger partial charge is 0.136 e. The van der Waals surface area contributed by atoms with E-state index in [2.05, 4.69) is 72.8 Å². The Hall–Kier alpha value is -5.66. The lowest BCUT2D eigenvalue weighted by Gasteiger charge is -2.19. The van der Waals surface area contributed by atoms with Crippen LogP contribution in [0, 0.1) is 0 Å². The minimum absolute atomic E-state index is 0.0286. The van der Waals surface area contributed by atoms with E-state index in [4.69, 9.17) is 4.42 Å². The van der Waals surface area contributed by atoms with Crippen molar-refractivity contribution in [1.82, 2.24) is 0 Å². The van der Waals surface area contributed by atoms with Gasteiger partial charge in [0.1, 0.15) is 11.2 Å². The summed E-state index contributed by atoms with van der Waals surface area (Å²) < 4.78 is 34.7. The number of furan rings is 1. The molecule has 200 valence electrons. The molecule has 0 aliphatic carbocycles. The SMILES string of the molecule is [2H]c1c(-c2c3ccccc3c(-c3ccccc3-c3ccccc3)c3ccccc23)c([2H])c2oc3ccc4ccccc4c3c2c1[2H]. The summed E-state index contributed by atoms with van der Waals surface area (Å²) in [6.07, 6.45) is 0. The number of hydrogen-bond acceptors (Lipinski definition) is 1. The Balaban J connectivity index is 1.42. The molecule has 1 heteroatoms. The molecular formula is C42H26O. The van der Waals surface area contributed by atoms with Gasteiger partial charge in [-0.15, -0.1) is 0 Å². The molecule has 0 spiro atoms. The second-order valence-corrected chi connectivity index (χ2v) is 11.0. The number of fused-ring (bicyclic) bond motifs is 7.